The maximum absolute atomic E-state index is 12.4. The van der Waals surface area contributed by atoms with Gasteiger partial charge in [-0.05, 0) is 38.0 Å². The van der Waals surface area contributed by atoms with Gasteiger partial charge in [-0.2, -0.15) is 5.21 Å². The van der Waals surface area contributed by atoms with Crippen molar-refractivity contribution in [1.82, 2.24) is 35.3 Å². The van der Waals surface area contributed by atoms with Crippen LogP contribution in [0.5, 0.6) is 0 Å². The number of aryl methyl sites for hydroxylation is 3. The van der Waals surface area contributed by atoms with Gasteiger partial charge >= 0.3 is 0 Å². The average Bonchev–Trinajstić information content (AvgIpc) is 3.09. The van der Waals surface area contributed by atoms with Gasteiger partial charge in [-0.15, -0.1) is 10.2 Å². The molecular weight excluding hydrogens is 282 g/mol. The van der Waals surface area contributed by atoms with E-state index in [-0.39, 0.29) is 5.91 Å². The molecule has 3 heterocycles. The van der Waals surface area contributed by atoms with Gasteiger partial charge in [-0.3, -0.25) is 9.20 Å². The van der Waals surface area contributed by atoms with Crippen LogP contribution in [0.25, 0.3) is 5.65 Å². The Morgan fingerprint density at radius 3 is 3.05 bits per heavy atom. The van der Waals surface area contributed by atoms with Crippen LogP contribution < -0.4 is 5.32 Å². The highest BCUT2D eigenvalue weighted by Gasteiger charge is 2.16. The molecule has 0 saturated heterocycles. The zero-order chi connectivity index (χ0) is 15.5. The molecule has 3 aromatic heterocycles. The summed E-state index contributed by atoms with van der Waals surface area (Å²) in [6.07, 6.45) is 3.29. The van der Waals surface area contributed by atoms with E-state index in [1.807, 2.05) is 36.6 Å². The summed E-state index contributed by atoms with van der Waals surface area (Å²) in [7, 11) is 0. The minimum absolute atomic E-state index is 0.123. The highest BCUT2D eigenvalue weighted by atomic mass is 16.1. The zero-order valence-electron chi connectivity index (χ0n) is 12.5. The number of tetrazole rings is 1. The largest absolute Gasteiger partial charge is 0.351 e. The van der Waals surface area contributed by atoms with E-state index < -0.39 is 0 Å². The lowest BCUT2D eigenvalue weighted by atomic mass is 10.2. The van der Waals surface area contributed by atoms with E-state index in [1.165, 1.54) is 0 Å². The molecule has 3 aromatic rings. The van der Waals surface area contributed by atoms with Gasteiger partial charge in [0.2, 0.25) is 0 Å². The molecule has 8 heteroatoms. The number of aromatic nitrogens is 6. The first-order chi connectivity index (χ1) is 10.6. The van der Waals surface area contributed by atoms with Crippen molar-refractivity contribution in [2.45, 2.75) is 26.7 Å². The molecular formula is C14H17N7O. The van der Waals surface area contributed by atoms with Crippen LogP contribution in [0.4, 0.5) is 0 Å². The van der Waals surface area contributed by atoms with Crippen LogP contribution >= 0.6 is 0 Å². The van der Waals surface area contributed by atoms with Crippen molar-refractivity contribution in [1.29, 1.82) is 0 Å². The molecule has 0 fully saturated rings. The third kappa shape index (κ3) is 2.80. The van der Waals surface area contributed by atoms with Crippen LogP contribution in [0.3, 0.4) is 0 Å². The predicted octanol–water partition coefficient (Wildman–Crippen LogP) is 0.827. The topological polar surface area (TPSA) is 101 Å². The zero-order valence-corrected chi connectivity index (χ0v) is 12.5. The molecule has 2 N–H and O–H groups in total. The summed E-state index contributed by atoms with van der Waals surface area (Å²) < 4.78 is 1.82. The summed E-state index contributed by atoms with van der Waals surface area (Å²) in [4.78, 5) is 16.8. The lowest BCUT2D eigenvalue weighted by Crippen LogP contribution is -2.26. The van der Waals surface area contributed by atoms with Crippen LogP contribution in [-0.4, -0.2) is 42.5 Å². The highest BCUT2D eigenvalue weighted by molar-refractivity contribution is 5.94. The SMILES string of the molecule is Cc1ccn2c(C(=O)NCCCc3nn[nH]n3)c(C)nc2c1. The first kappa shape index (κ1) is 14.2. The van der Waals surface area contributed by atoms with E-state index in [1.54, 1.807) is 0 Å². The highest BCUT2D eigenvalue weighted by Crippen LogP contribution is 2.13. The number of carbonyl (C=O) groups excluding carboxylic acids is 1. The van der Waals surface area contributed by atoms with E-state index >= 15 is 0 Å². The van der Waals surface area contributed by atoms with E-state index in [0.717, 1.165) is 23.3 Å². The van der Waals surface area contributed by atoms with Crippen LogP contribution in [0.15, 0.2) is 18.3 Å². The van der Waals surface area contributed by atoms with Crippen molar-refractivity contribution in [2.75, 3.05) is 6.54 Å². The van der Waals surface area contributed by atoms with Crippen molar-refractivity contribution < 1.29 is 4.79 Å². The predicted molar refractivity (Wildman–Crippen MR) is 79.5 cm³/mol. The Morgan fingerprint density at radius 2 is 2.27 bits per heavy atom. The fourth-order valence-corrected chi connectivity index (χ4v) is 2.36. The Hall–Kier alpha value is -2.77. The van der Waals surface area contributed by atoms with Crippen LogP contribution in [-0.2, 0) is 6.42 Å². The number of nitrogens with zero attached hydrogens (tertiary/aromatic N) is 5. The molecule has 0 atom stereocenters. The summed E-state index contributed by atoms with van der Waals surface area (Å²) in [6, 6.07) is 3.92. The van der Waals surface area contributed by atoms with Crippen LogP contribution in [0.1, 0.15) is 34.0 Å². The lowest BCUT2D eigenvalue weighted by Gasteiger charge is -2.05. The lowest BCUT2D eigenvalue weighted by molar-refractivity contribution is 0.0946. The molecule has 1 amide bonds. The smallest absolute Gasteiger partial charge is 0.270 e. The molecule has 0 spiro atoms. The molecule has 0 aliphatic carbocycles. The number of rotatable bonds is 5. The maximum Gasteiger partial charge on any atom is 0.270 e. The number of H-pyrrole nitrogens is 1. The van der Waals surface area contributed by atoms with Gasteiger partial charge in [-0.1, -0.05) is 5.21 Å². The number of imidazole rings is 1. The van der Waals surface area contributed by atoms with Crippen molar-refractivity contribution in [3.8, 4) is 0 Å². The van der Waals surface area contributed by atoms with Gasteiger partial charge in [0.15, 0.2) is 5.82 Å². The summed E-state index contributed by atoms with van der Waals surface area (Å²) in [5.74, 6) is 0.526. The second-order valence-electron chi connectivity index (χ2n) is 5.17. The standard InChI is InChI=1S/C14H17N7O/c1-9-5-7-21-12(8-9)16-10(2)13(21)14(22)15-6-3-4-11-17-19-20-18-11/h5,7-8H,3-4,6H2,1-2H3,(H,15,22)(H,17,18,19,20). The van der Waals surface area contributed by atoms with Gasteiger partial charge in [0.1, 0.15) is 11.3 Å². The van der Waals surface area contributed by atoms with E-state index in [2.05, 4.69) is 30.9 Å². The van der Waals surface area contributed by atoms with Crippen molar-refractivity contribution >= 4 is 11.6 Å². The number of hydrogen-bond acceptors (Lipinski definition) is 5. The summed E-state index contributed by atoms with van der Waals surface area (Å²) in [6.45, 7) is 4.39. The summed E-state index contributed by atoms with van der Waals surface area (Å²) in [5.41, 5.74) is 3.20. The second-order valence-corrected chi connectivity index (χ2v) is 5.17. The van der Waals surface area contributed by atoms with Gasteiger partial charge in [-0.25, -0.2) is 4.98 Å². The maximum atomic E-state index is 12.4. The van der Waals surface area contributed by atoms with Crippen LogP contribution in [0.2, 0.25) is 0 Å². The monoisotopic (exact) mass is 299 g/mol. The quantitative estimate of drug-likeness (QED) is 0.679. The number of carbonyl (C=O) groups is 1. The van der Waals surface area contributed by atoms with Gasteiger partial charge in [0, 0.05) is 19.2 Å². The molecule has 0 unspecified atom stereocenters. The van der Waals surface area contributed by atoms with Gasteiger partial charge < -0.3 is 5.32 Å². The first-order valence-electron chi connectivity index (χ1n) is 7.11. The molecule has 0 aliphatic heterocycles. The van der Waals surface area contributed by atoms with Gasteiger partial charge in [0.25, 0.3) is 5.91 Å². The van der Waals surface area contributed by atoms with Crippen LogP contribution in [0, 0.1) is 13.8 Å². The number of fused-ring (bicyclic) bond motifs is 1. The molecule has 3 rings (SSSR count). The van der Waals surface area contributed by atoms with Crippen molar-refractivity contribution in [2.24, 2.45) is 0 Å². The first-order valence-corrected chi connectivity index (χ1v) is 7.11. The summed E-state index contributed by atoms with van der Waals surface area (Å²) >= 11 is 0. The molecule has 8 nitrogen and oxygen atoms in total. The normalized spacial score (nSPS) is 11.0. The Bertz CT molecular complexity index is 791. The van der Waals surface area contributed by atoms with E-state index in [4.69, 9.17) is 0 Å². The van der Waals surface area contributed by atoms with E-state index in [9.17, 15) is 4.79 Å². The average molecular weight is 299 g/mol. The number of amides is 1. The Kier molecular flexibility index (Phi) is 3.82. The third-order valence-corrected chi connectivity index (χ3v) is 3.42. The fourth-order valence-electron chi connectivity index (χ4n) is 2.36. The molecule has 0 aromatic carbocycles. The second kappa shape index (κ2) is 5.92. The summed E-state index contributed by atoms with van der Waals surface area (Å²) in [5, 5.41) is 16.6. The molecule has 0 radical (unpaired) electrons. The molecule has 0 bridgehead atoms. The number of aromatic amines is 1. The minimum Gasteiger partial charge on any atom is -0.351 e. The molecule has 114 valence electrons. The van der Waals surface area contributed by atoms with Crippen molar-refractivity contribution in [3.63, 3.8) is 0 Å². The molecule has 22 heavy (non-hydrogen) atoms. The number of nitrogens with one attached hydrogen (secondary N) is 2. The van der Waals surface area contributed by atoms with Gasteiger partial charge in [0.05, 0.1) is 5.69 Å². The Labute approximate surface area is 127 Å². The number of pyridine rings is 1. The number of hydrogen-bond donors (Lipinski definition) is 2. The van der Waals surface area contributed by atoms with E-state index in [0.29, 0.717) is 24.5 Å². The minimum atomic E-state index is -0.123. The Balaban J connectivity index is 1.66. The fraction of sp³-hybridized carbons (Fsp3) is 0.357. The molecule has 0 aliphatic rings. The van der Waals surface area contributed by atoms with Crippen molar-refractivity contribution in [3.05, 3.63) is 41.1 Å². The third-order valence-electron chi connectivity index (χ3n) is 3.42. The molecule has 0 saturated carbocycles. The Morgan fingerprint density at radius 1 is 1.41 bits per heavy atom.